The van der Waals surface area contributed by atoms with Gasteiger partial charge in [-0.15, -0.1) is 11.8 Å². The van der Waals surface area contributed by atoms with Crippen LogP contribution in [0.1, 0.15) is 25.5 Å². The minimum absolute atomic E-state index is 0.00632. The van der Waals surface area contributed by atoms with Crippen LogP contribution in [0.2, 0.25) is 0 Å². The van der Waals surface area contributed by atoms with Gasteiger partial charge in [-0.2, -0.15) is 0 Å². The lowest BCUT2D eigenvalue weighted by molar-refractivity contribution is 0.158. The molecule has 1 atom stereocenters. The number of carbonyl (C=O) groups excluding carboxylic acids is 1. The average molecular weight is 296 g/mol. The van der Waals surface area contributed by atoms with Crippen LogP contribution >= 0.6 is 11.8 Å². The fraction of sp³-hybridized carbons (Fsp3) is 0.533. The second-order valence-electron chi connectivity index (χ2n) is 4.59. The monoisotopic (exact) mass is 296 g/mol. The maximum absolute atomic E-state index is 12.0. The third-order valence-electron chi connectivity index (χ3n) is 3.01. The van der Waals surface area contributed by atoms with Gasteiger partial charge in [0.05, 0.1) is 12.6 Å². The maximum Gasteiger partial charge on any atom is 0.317 e. The van der Waals surface area contributed by atoms with Crippen molar-refractivity contribution in [2.24, 2.45) is 0 Å². The van der Waals surface area contributed by atoms with E-state index in [0.29, 0.717) is 13.2 Å². The van der Waals surface area contributed by atoms with Crippen molar-refractivity contribution in [3.8, 4) is 0 Å². The highest BCUT2D eigenvalue weighted by molar-refractivity contribution is 7.99. The van der Waals surface area contributed by atoms with Crippen LogP contribution < -0.4 is 5.32 Å². The Morgan fingerprint density at radius 2 is 2.05 bits per heavy atom. The lowest BCUT2D eigenvalue weighted by Gasteiger charge is -2.21. The topological polar surface area (TPSA) is 41.6 Å². The van der Waals surface area contributed by atoms with Crippen molar-refractivity contribution in [1.82, 2.24) is 10.2 Å². The van der Waals surface area contributed by atoms with E-state index in [1.807, 2.05) is 18.7 Å². The van der Waals surface area contributed by atoms with Gasteiger partial charge in [0.1, 0.15) is 0 Å². The van der Waals surface area contributed by atoms with Crippen LogP contribution in [0.4, 0.5) is 4.79 Å². The smallest absolute Gasteiger partial charge is 0.317 e. The zero-order valence-corrected chi connectivity index (χ0v) is 13.5. The Kier molecular flexibility index (Phi) is 7.47. The molecule has 1 aromatic carbocycles. The zero-order valence-electron chi connectivity index (χ0n) is 12.7. The van der Waals surface area contributed by atoms with Crippen LogP contribution in [-0.4, -0.2) is 44.0 Å². The minimum atomic E-state index is -0.0819. The first-order chi connectivity index (χ1) is 9.58. The molecule has 1 rings (SSSR count). The maximum atomic E-state index is 12.0. The summed E-state index contributed by atoms with van der Waals surface area (Å²) in [6, 6.07) is 8.24. The number of nitrogens with zero attached hydrogens (tertiary/aromatic N) is 1. The molecule has 112 valence electrons. The molecule has 0 saturated carbocycles. The largest absolute Gasteiger partial charge is 0.383 e. The number of urea groups is 1. The van der Waals surface area contributed by atoms with Gasteiger partial charge < -0.3 is 15.0 Å². The molecule has 0 fully saturated rings. The van der Waals surface area contributed by atoms with Crippen LogP contribution in [0.25, 0.3) is 0 Å². The van der Waals surface area contributed by atoms with E-state index in [1.54, 1.807) is 19.1 Å². The predicted octanol–water partition coefficient (Wildman–Crippen LogP) is 3.15. The summed E-state index contributed by atoms with van der Waals surface area (Å²) < 4.78 is 4.96. The molecule has 0 aliphatic rings. The molecule has 4 nitrogen and oxygen atoms in total. The van der Waals surface area contributed by atoms with Crippen molar-refractivity contribution in [3.05, 3.63) is 29.8 Å². The molecular formula is C15H24N2O2S. The third-order valence-corrected chi connectivity index (χ3v) is 3.90. The summed E-state index contributed by atoms with van der Waals surface area (Å²) in [5, 5.41) is 2.98. The number of nitrogens with one attached hydrogen (secondary N) is 1. The molecule has 0 aromatic heterocycles. The number of thioether (sulfide) groups is 1. The molecule has 2 amide bonds. The third kappa shape index (κ3) is 5.43. The number of methoxy groups -OCH3 is 1. The zero-order chi connectivity index (χ0) is 15.0. The second kappa shape index (κ2) is 8.87. The lowest BCUT2D eigenvalue weighted by Crippen LogP contribution is -2.40. The predicted molar refractivity (Wildman–Crippen MR) is 84.3 cm³/mol. The Morgan fingerprint density at radius 3 is 2.60 bits per heavy atom. The molecule has 0 aliphatic carbocycles. The van der Waals surface area contributed by atoms with Crippen LogP contribution in [0, 0.1) is 0 Å². The van der Waals surface area contributed by atoms with Gasteiger partial charge in [0.15, 0.2) is 0 Å². The molecule has 1 aromatic rings. The number of amides is 2. The van der Waals surface area contributed by atoms with Crippen molar-refractivity contribution >= 4 is 17.8 Å². The molecule has 0 saturated heterocycles. The standard InChI is InChI=1S/C15H24N2O2S/c1-5-20-14-8-6-13(7-9-14)12(2)16-15(18)17(3)10-11-19-4/h6-9,12H,5,10-11H2,1-4H3,(H,16,18). The summed E-state index contributed by atoms with van der Waals surface area (Å²) in [7, 11) is 3.40. The summed E-state index contributed by atoms with van der Waals surface area (Å²) in [5.74, 6) is 1.07. The number of benzene rings is 1. The number of hydrogen-bond acceptors (Lipinski definition) is 3. The fourth-order valence-electron chi connectivity index (χ4n) is 1.73. The van der Waals surface area contributed by atoms with Crippen LogP contribution in [0.5, 0.6) is 0 Å². The first-order valence-corrected chi connectivity index (χ1v) is 7.80. The molecule has 0 bridgehead atoms. The minimum Gasteiger partial charge on any atom is -0.383 e. The first-order valence-electron chi connectivity index (χ1n) is 6.81. The summed E-state index contributed by atoms with van der Waals surface area (Å²) in [5.41, 5.74) is 1.11. The molecule has 20 heavy (non-hydrogen) atoms. The molecule has 5 heteroatoms. The van der Waals surface area contributed by atoms with E-state index in [9.17, 15) is 4.79 Å². The Balaban J connectivity index is 2.52. The fourth-order valence-corrected chi connectivity index (χ4v) is 2.39. The number of hydrogen-bond donors (Lipinski definition) is 1. The van der Waals surface area contributed by atoms with Crippen molar-refractivity contribution in [3.63, 3.8) is 0 Å². The number of rotatable bonds is 7. The second-order valence-corrected chi connectivity index (χ2v) is 5.93. The van der Waals surface area contributed by atoms with Gasteiger partial charge in [0, 0.05) is 25.6 Å². The van der Waals surface area contributed by atoms with Gasteiger partial charge in [-0.25, -0.2) is 4.79 Å². The Labute approximate surface area is 125 Å². The van der Waals surface area contributed by atoms with Gasteiger partial charge in [-0.3, -0.25) is 0 Å². The van der Waals surface area contributed by atoms with E-state index in [1.165, 1.54) is 4.90 Å². The van der Waals surface area contributed by atoms with E-state index >= 15 is 0 Å². The van der Waals surface area contributed by atoms with E-state index in [-0.39, 0.29) is 12.1 Å². The normalized spacial score (nSPS) is 12.0. The average Bonchev–Trinajstić information content (AvgIpc) is 2.45. The highest BCUT2D eigenvalue weighted by Crippen LogP contribution is 2.20. The van der Waals surface area contributed by atoms with E-state index in [0.717, 1.165) is 11.3 Å². The number of carbonyl (C=O) groups is 1. The Hall–Kier alpha value is -1.20. The summed E-state index contributed by atoms with van der Waals surface area (Å²) in [4.78, 5) is 14.8. The van der Waals surface area contributed by atoms with Crippen molar-refractivity contribution in [2.75, 3.05) is 33.1 Å². The first kappa shape index (κ1) is 16.9. The Bertz CT molecular complexity index is 409. The van der Waals surface area contributed by atoms with Gasteiger partial charge in [-0.1, -0.05) is 19.1 Å². The summed E-state index contributed by atoms with van der Waals surface area (Å²) in [6.07, 6.45) is 0. The highest BCUT2D eigenvalue weighted by Gasteiger charge is 2.12. The molecule has 0 heterocycles. The molecule has 1 N–H and O–H groups in total. The van der Waals surface area contributed by atoms with Crippen LogP contribution in [0.15, 0.2) is 29.2 Å². The van der Waals surface area contributed by atoms with Crippen LogP contribution in [-0.2, 0) is 4.74 Å². The quantitative estimate of drug-likeness (QED) is 0.786. The van der Waals surface area contributed by atoms with E-state index in [2.05, 4.69) is 36.5 Å². The number of ether oxygens (including phenoxy) is 1. The van der Waals surface area contributed by atoms with E-state index < -0.39 is 0 Å². The Morgan fingerprint density at radius 1 is 1.40 bits per heavy atom. The van der Waals surface area contributed by atoms with Gasteiger partial charge in [0.2, 0.25) is 0 Å². The lowest BCUT2D eigenvalue weighted by atomic mass is 10.1. The molecule has 0 aliphatic heterocycles. The summed E-state index contributed by atoms with van der Waals surface area (Å²) >= 11 is 1.81. The van der Waals surface area contributed by atoms with Gasteiger partial charge in [-0.05, 0) is 30.4 Å². The molecule has 0 radical (unpaired) electrons. The van der Waals surface area contributed by atoms with E-state index in [4.69, 9.17) is 4.74 Å². The van der Waals surface area contributed by atoms with Gasteiger partial charge >= 0.3 is 6.03 Å². The van der Waals surface area contributed by atoms with Crippen molar-refractivity contribution in [2.45, 2.75) is 24.8 Å². The van der Waals surface area contributed by atoms with Crippen molar-refractivity contribution < 1.29 is 9.53 Å². The molecule has 0 spiro atoms. The van der Waals surface area contributed by atoms with Crippen LogP contribution in [0.3, 0.4) is 0 Å². The van der Waals surface area contributed by atoms with Crippen molar-refractivity contribution in [1.29, 1.82) is 0 Å². The highest BCUT2D eigenvalue weighted by atomic mass is 32.2. The SMILES string of the molecule is CCSc1ccc(C(C)NC(=O)N(C)CCOC)cc1. The van der Waals surface area contributed by atoms with Gasteiger partial charge in [0.25, 0.3) is 0 Å². The summed E-state index contributed by atoms with van der Waals surface area (Å²) in [6.45, 7) is 5.25. The molecule has 1 unspecified atom stereocenters. The molecular weight excluding hydrogens is 272 g/mol. The number of likely N-dealkylation sites (N-methyl/N-ethyl adjacent to an activating group) is 1.